The quantitative estimate of drug-likeness (QED) is 0.0219. The maximum absolute atomic E-state index is 14.4. The Bertz CT molecular complexity index is 5750. The van der Waals surface area contributed by atoms with Crippen molar-refractivity contribution in [2.75, 3.05) is 74.3 Å². The Hall–Kier alpha value is -6.33. The molecule has 15 aliphatic rings. The van der Waals surface area contributed by atoms with Gasteiger partial charge in [-0.25, -0.2) is 58.8 Å². The third kappa shape index (κ3) is 21.1. The second kappa shape index (κ2) is 42.9. The van der Waals surface area contributed by atoms with Crippen LogP contribution >= 0.6 is 119 Å². The van der Waals surface area contributed by atoms with Crippen molar-refractivity contribution in [2.45, 2.75) is 238 Å². The Morgan fingerprint density at radius 3 is 1.26 bits per heavy atom. The summed E-state index contributed by atoms with van der Waals surface area (Å²) in [7, 11) is 7.52. The van der Waals surface area contributed by atoms with Crippen molar-refractivity contribution >= 4 is 170 Å². The van der Waals surface area contributed by atoms with Gasteiger partial charge in [-0.3, -0.25) is 34.9 Å². The highest BCUT2D eigenvalue weighted by Crippen LogP contribution is 2.68. The van der Waals surface area contributed by atoms with E-state index in [2.05, 4.69) is 131 Å². The molecule has 21 rings (SSSR count). The van der Waals surface area contributed by atoms with Crippen LogP contribution in [0.25, 0.3) is 11.1 Å². The van der Waals surface area contributed by atoms with E-state index in [9.17, 15) is 43.9 Å². The summed E-state index contributed by atoms with van der Waals surface area (Å²) in [5.74, 6) is -10.1. The molecule has 761 valence electrons. The van der Waals surface area contributed by atoms with E-state index < -0.39 is 103 Å². The molecule has 15 N–H and O–H groups in total. The summed E-state index contributed by atoms with van der Waals surface area (Å²) in [6.07, 6.45) is 19.6. The number of amidine groups is 3. The van der Waals surface area contributed by atoms with Crippen LogP contribution in [0.15, 0.2) is 148 Å². The van der Waals surface area contributed by atoms with Gasteiger partial charge in [-0.05, 0) is 290 Å². The van der Waals surface area contributed by atoms with Gasteiger partial charge >= 0.3 is 7.69 Å². The van der Waals surface area contributed by atoms with Crippen LogP contribution in [-0.4, -0.2) is 209 Å². The van der Waals surface area contributed by atoms with Crippen molar-refractivity contribution < 1.29 is 88.2 Å². The predicted octanol–water partition coefficient (Wildman–Crippen LogP) is 20.3. The van der Waals surface area contributed by atoms with Gasteiger partial charge in [-0.1, -0.05) is 144 Å². The smallest absolute Gasteiger partial charge is 0.537 e. The zero-order chi connectivity index (χ0) is 99.7. The molecule has 0 amide bonds. The number of alkyl halides is 8. The lowest BCUT2D eigenvalue weighted by molar-refractivity contribution is -0.306. The molecule has 6 fully saturated rings. The van der Waals surface area contributed by atoms with E-state index in [-0.39, 0.29) is 86.2 Å². The van der Waals surface area contributed by atoms with Crippen LogP contribution in [0.1, 0.15) is 181 Å². The van der Waals surface area contributed by atoms with Crippen LogP contribution in [0.5, 0.6) is 5.75 Å². The number of hydrogen-bond acceptors (Lipinski definition) is 23. The highest BCUT2D eigenvalue weighted by atomic mass is 79.9. The number of rotatable bonds is 9. The number of nitrogens with two attached hydrogens (primary N) is 3. The van der Waals surface area contributed by atoms with Crippen LogP contribution < -0.4 is 38.6 Å². The Morgan fingerprint density at radius 1 is 0.514 bits per heavy atom. The first-order valence-corrected chi connectivity index (χ1v) is 51.1. The van der Waals surface area contributed by atoms with Crippen molar-refractivity contribution in [2.24, 2.45) is 63.8 Å². The first-order valence-electron chi connectivity index (χ1n) is 45.9. The number of aliphatic imine (C=N–C) groups is 5. The summed E-state index contributed by atoms with van der Waals surface area (Å²) < 4.78 is 167. The van der Waals surface area contributed by atoms with E-state index in [4.69, 9.17) is 111 Å². The largest absolute Gasteiger partial charge is 0.569 e. The molecule has 7 aliphatic heterocycles. The van der Waals surface area contributed by atoms with E-state index in [1.807, 2.05) is 37.4 Å². The Labute approximate surface area is 865 Å². The van der Waals surface area contributed by atoms with Gasteiger partial charge in [0.1, 0.15) is 69.9 Å². The summed E-state index contributed by atoms with van der Waals surface area (Å²) in [6, 6.07) is 33.2. The molecule has 7 heterocycles. The van der Waals surface area contributed by atoms with Crippen molar-refractivity contribution in [3.63, 3.8) is 0 Å². The number of nitrogens with zero attached hydrogens (tertiary/aromatic N) is 8. The molecule has 4 saturated carbocycles. The number of methoxy groups -OCH3 is 4. The second-order valence-electron chi connectivity index (χ2n) is 39.3. The van der Waals surface area contributed by atoms with Gasteiger partial charge in [0.2, 0.25) is 0 Å². The van der Waals surface area contributed by atoms with Crippen molar-refractivity contribution in [3.05, 3.63) is 189 Å². The van der Waals surface area contributed by atoms with Crippen LogP contribution in [0.3, 0.4) is 0 Å². The molecule has 2 saturated heterocycles. The summed E-state index contributed by atoms with van der Waals surface area (Å²) in [5.41, 5.74) is 24.3. The fourth-order valence-corrected chi connectivity index (χ4v) is 27.4. The number of halogens is 15. The molecule has 43 heteroatoms. The van der Waals surface area contributed by atoms with Gasteiger partial charge in [0.25, 0.3) is 23.7 Å². The molecule has 4 unspecified atom stereocenters. The number of thiocarbonyl (C=S) groups is 3. The Morgan fingerprint density at radius 2 is 0.879 bits per heavy atom. The van der Waals surface area contributed by atoms with Gasteiger partial charge in [0.05, 0.1) is 60.4 Å². The molecule has 0 bridgehead atoms. The molecule has 8 spiro atoms. The average molecular weight is 2260 g/mol. The molecule has 4 atom stereocenters. The predicted molar refractivity (Wildman–Crippen MR) is 551 cm³/mol. The standard InChI is InChI=1S/C26H26ClF3N4O.C20H23BrF2N4O.C20H22BrF2N3OS.C17H18BrNOS3.C6H4BClFO2.C4H9F2N.C4H10O2.H3N.H2O/c1-35-20-4-6-24(7-5-20)12-16-3-2-15(17-8-18(27)11-19(28)9-17)10-21(16)26(24)22-32-13-25(29,30)14-34(22)23(31)33-26;1-28-14-4-6-18(7-5-14)9-12-2-3-13(21)8-15(12)20(18)16-25-10-19(22,23)11-27(16)17(24)26-20;1-27-14-4-6-18(7-5-14)9-12-2-3-13(21)8-15(12)20(18)16-24-10-19(22,23)11-26(16)17(28)25-20;1-20-12-4-6-16(7-5-12)9-10-2-3-11(18)8-13(10)17(16)14(21)23-15(22)19-17;8-4-1-5(9)3-6(2-4)11-7-10;1-2-4(5,6)3-7;1-4(2,3)6-5;;/h2-3,8-11,20H,4-7,12-14H2,1H3,(H2,31,33);2-3,8,14H,4-7,9-11H2,1H3,(H2,24,26);2-3,8,14H,4-7,9-11H2,1H3,(H,25,28);2-3,8,12H,4-7,9H2,1H3,(H,19,22);1-3,10H;2-3,7H2,1H3;5H,1-3H3;1H3;1H2. The van der Waals surface area contributed by atoms with Gasteiger partial charge in [-0.15, -0.1) is 0 Å². The number of ether oxygens (including phenoxy) is 4. The molecular formula is C97H117BBr3Cl2F10N14O9S4. The maximum Gasteiger partial charge on any atom is 0.569 e. The van der Waals surface area contributed by atoms with E-state index in [0.717, 1.165) is 190 Å². The van der Waals surface area contributed by atoms with Gasteiger partial charge < -0.3 is 68.1 Å². The second-order valence-corrected chi connectivity index (χ2v) is 45.6. The topological polar surface area (TPSA) is 336 Å². The Kier molecular flexibility index (Phi) is 33.9. The molecule has 0 aromatic heterocycles. The van der Waals surface area contributed by atoms with Crippen molar-refractivity contribution in [1.82, 2.24) is 31.5 Å². The summed E-state index contributed by atoms with van der Waals surface area (Å²) in [4.78, 5) is 31.5. The molecular weight excluding hydrogens is 2140 g/mol. The monoisotopic (exact) mass is 2260 g/mol. The van der Waals surface area contributed by atoms with Gasteiger partial charge in [0.15, 0.2) is 28.1 Å². The van der Waals surface area contributed by atoms with Gasteiger partial charge in [0, 0.05) is 86.0 Å². The minimum atomic E-state index is -2.97. The fourth-order valence-electron chi connectivity index (χ4n) is 23.5. The molecule has 8 aliphatic carbocycles. The SMILES string of the molecule is CC(C)(C)OO.CCC(F)(F)CN.COC1CCC2(CC1)Cc1ccc(-c3cc(F)cc(Cl)c3)cc1C21N=C(N)N2CC(F)(F)CN=C21.COC1CCC2(CC1)Cc1ccc(Br)cc1C21N=C(N)N2CC(F)(F)CN=C21.COC1CCC2(CC1)Cc1ccc(Br)cc1C21NC(=S)N2CC(F)(F)CN=C21.COC1CCC2(CC1)Cc1ccc(Br)cc1C21NC(=S)SC1=S.N.O.O[B]Oc1cc(F)cc(Cl)c1. The highest BCUT2D eigenvalue weighted by molar-refractivity contribution is 9.11. The van der Waals surface area contributed by atoms with Crippen LogP contribution in [-0.2, 0) is 71.7 Å². The van der Waals surface area contributed by atoms with Crippen molar-refractivity contribution in [3.8, 4) is 16.9 Å². The zero-order valence-electron chi connectivity index (χ0n) is 78.7. The van der Waals surface area contributed by atoms with Crippen molar-refractivity contribution in [1.29, 1.82) is 0 Å². The Balaban J connectivity index is 0.000000146. The number of hydrogen-bond donors (Lipinski definition) is 8. The lowest BCUT2D eigenvalue weighted by Crippen LogP contribution is -2.58. The number of thioether (sulfide) groups is 1. The number of fused-ring (bicyclic) bond motifs is 18. The summed E-state index contributed by atoms with van der Waals surface area (Å²) >= 11 is 40.9. The highest BCUT2D eigenvalue weighted by Gasteiger charge is 2.71. The lowest BCUT2D eigenvalue weighted by atomic mass is 9.61. The van der Waals surface area contributed by atoms with E-state index in [1.54, 1.807) is 64.8 Å². The van der Waals surface area contributed by atoms with Crippen LogP contribution in [0.4, 0.5) is 43.9 Å². The third-order valence-electron chi connectivity index (χ3n) is 30.1. The number of nitrogens with one attached hydrogen (secondary N) is 2. The van der Waals surface area contributed by atoms with E-state index in [0.29, 0.717) is 47.0 Å². The summed E-state index contributed by atoms with van der Waals surface area (Å²) in [5, 5.41) is 24.1. The minimum absolute atomic E-state index is 0. The molecule has 23 nitrogen and oxygen atoms in total. The number of benzene rings is 6. The molecule has 140 heavy (non-hydrogen) atoms. The summed E-state index contributed by atoms with van der Waals surface area (Å²) in [6.45, 7) is 3.21. The molecule has 1 radical (unpaired) electrons. The molecule has 6 aromatic rings. The first kappa shape index (κ1) is 111. The van der Waals surface area contributed by atoms with Gasteiger partial charge in [-0.2, -0.15) is 0 Å². The maximum atomic E-state index is 14.4. The first-order chi connectivity index (χ1) is 65.2. The fraction of sp³-hybridized carbons (Fsp3) is 0.546. The zero-order valence-corrected chi connectivity index (χ0v) is 88.3. The average Bonchev–Trinajstić information content (AvgIpc) is 1.52. The van der Waals surface area contributed by atoms with Crippen LogP contribution in [0, 0.1) is 33.3 Å². The van der Waals surface area contributed by atoms with E-state index >= 15 is 0 Å². The lowest BCUT2D eigenvalue weighted by Gasteiger charge is -2.48. The number of guanidine groups is 2. The normalized spacial score (nSPS) is 29.7. The third-order valence-corrected chi connectivity index (χ3v) is 34.0. The minimum Gasteiger partial charge on any atom is -0.537 e. The van der Waals surface area contributed by atoms with E-state index in [1.165, 1.54) is 57.2 Å². The van der Waals surface area contributed by atoms with Crippen LogP contribution in [0.2, 0.25) is 10.0 Å². The molecule has 6 aromatic carbocycles.